The number of ether oxygens (including phenoxy) is 3. The zero-order chi connectivity index (χ0) is 21.1. The van der Waals surface area contributed by atoms with Gasteiger partial charge in [0.1, 0.15) is 5.75 Å². The number of benzene rings is 2. The molecule has 0 radical (unpaired) electrons. The second-order valence-corrected chi connectivity index (χ2v) is 6.30. The third-order valence-corrected chi connectivity index (χ3v) is 4.38. The predicted octanol–water partition coefficient (Wildman–Crippen LogP) is 4.31. The Morgan fingerprint density at radius 1 is 1.03 bits per heavy atom. The summed E-state index contributed by atoms with van der Waals surface area (Å²) < 4.78 is 16.7. The van der Waals surface area contributed by atoms with Gasteiger partial charge in [-0.15, -0.1) is 30.6 Å². The molecule has 0 aromatic heterocycles. The molecule has 0 aliphatic heterocycles. The highest BCUT2D eigenvalue weighted by Gasteiger charge is 2.12. The average Bonchev–Trinajstić information content (AvgIpc) is 2.75. The number of aliphatic imine (C=N–C) groups is 1. The third-order valence-electron chi connectivity index (χ3n) is 4.38. The molecule has 0 bridgehead atoms. The number of methoxy groups -OCH3 is 2. The molecule has 6 nitrogen and oxygen atoms in total. The highest BCUT2D eigenvalue weighted by Crippen LogP contribution is 2.33. The highest BCUT2D eigenvalue weighted by molar-refractivity contribution is 14.0. The molecule has 7 heteroatoms. The van der Waals surface area contributed by atoms with Crippen molar-refractivity contribution in [2.45, 2.75) is 26.4 Å². The molecule has 0 unspecified atom stereocenters. The molecular weight excluding hydrogens is 493 g/mol. The third kappa shape index (κ3) is 7.12. The molecule has 0 fully saturated rings. The lowest BCUT2D eigenvalue weighted by atomic mass is 10.1. The monoisotopic (exact) mass is 525 g/mol. The van der Waals surface area contributed by atoms with E-state index in [0.717, 1.165) is 28.2 Å². The summed E-state index contributed by atoms with van der Waals surface area (Å²) in [5.74, 6) is 3.03. The molecule has 0 aliphatic rings. The smallest absolute Gasteiger partial charge is 0.191 e. The van der Waals surface area contributed by atoms with Gasteiger partial charge in [0.05, 0.1) is 20.8 Å². The van der Waals surface area contributed by atoms with Gasteiger partial charge < -0.3 is 24.8 Å². The van der Waals surface area contributed by atoms with Crippen LogP contribution in [0.4, 0.5) is 0 Å². The van der Waals surface area contributed by atoms with E-state index >= 15 is 0 Å². The summed E-state index contributed by atoms with van der Waals surface area (Å²) >= 11 is 0. The summed E-state index contributed by atoms with van der Waals surface area (Å²) in [7, 11) is 5.04. The SMILES string of the molecule is C=CCc1cc(CNC(=NC)NCc2ccccc2OCC)cc(OC)c1OC.I. The summed E-state index contributed by atoms with van der Waals surface area (Å²) in [6, 6.07) is 12.0. The molecule has 2 rings (SSSR count). The van der Waals surface area contributed by atoms with Gasteiger partial charge in [0.15, 0.2) is 17.5 Å². The van der Waals surface area contributed by atoms with Crippen LogP contribution in [0.3, 0.4) is 0 Å². The van der Waals surface area contributed by atoms with Gasteiger partial charge >= 0.3 is 0 Å². The Hall–Kier alpha value is -2.42. The molecule has 2 N–H and O–H groups in total. The molecule has 0 heterocycles. The van der Waals surface area contributed by atoms with Gasteiger partial charge in [-0.25, -0.2) is 0 Å². The van der Waals surface area contributed by atoms with Crippen LogP contribution in [0.15, 0.2) is 54.0 Å². The van der Waals surface area contributed by atoms with Crippen LogP contribution in [-0.2, 0) is 19.5 Å². The Balaban J connectivity index is 0.00000450. The van der Waals surface area contributed by atoms with Crippen molar-refractivity contribution in [1.29, 1.82) is 0 Å². The van der Waals surface area contributed by atoms with Gasteiger partial charge in [-0.05, 0) is 37.1 Å². The van der Waals surface area contributed by atoms with Crippen LogP contribution in [0.25, 0.3) is 0 Å². The molecule has 0 atom stereocenters. The van der Waals surface area contributed by atoms with E-state index in [4.69, 9.17) is 14.2 Å². The minimum Gasteiger partial charge on any atom is -0.494 e. The van der Waals surface area contributed by atoms with Crippen molar-refractivity contribution in [3.63, 3.8) is 0 Å². The van der Waals surface area contributed by atoms with E-state index in [9.17, 15) is 0 Å². The van der Waals surface area contributed by atoms with Crippen LogP contribution in [0, 0.1) is 0 Å². The summed E-state index contributed by atoms with van der Waals surface area (Å²) in [6.45, 7) is 7.65. The quantitative estimate of drug-likeness (QED) is 0.210. The lowest BCUT2D eigenvalue weighted by Crippen LogP contribution is -2.36. The minimum atomic E-state index is 0. The standard InChI is InChI=1S/C23H31N3O3.HI/c1-6-10-18-13-17(14-21(27-4)22(18)28-5)15-25-23(24-3)26-16-19-11-8-9-12-20(19)29-7-2;/h6,8-9,11-14H,1,7,10,15-16H2,2-5H3,(H2,24,25,26);1H. The first kappa shape index (κ1) is 25.6. The van der Waals surface area contributed by atoms with Crippen LogP contribution in [0.2, 0.25) is 0 Å². The maximum atomic E-state index is 5.68. The number of guanidine groups is 1. The zero-order valence-corrected chi connectivity index (χ0v) is 20.5. The van der Waals surface area contributed by atoms with Gasteiger partial charge in [-0.1, -0.05) is 24.3 Å². The first-order valence-electron chi connectivity index (χ1n) is 9.66. The van der Waals surface area contributed by atoms with E-state index < -0.39 is 0 Å². The van der Waals surface area contributed by atoms with Crippen molar-refractivity contribution in [1.82, 2.24) is 10.6 Å². The van der Waals surface area contributed by atoms with Crippen molar-refractivity contribution in [2.75, 3.05) is 27.9 Å². The van der Waals surface area contributed by atoms with Crippen molar-refractivity contribution in [2.24, 2.45) is 4.99 Å². The lowest BCUT2D eigenvalue weighted by molar-refractivity contribution is 0.336. The second-order valence-electron chi connectivity index (χ2n) is 6.30. The van der Waals surface area contributed by atoms with Crippen LogP contribution in [-0.4, -0.2) is 33.8 Å². The molecule has 30 heavy (non-hydrogen) atoms. The Labute approximate surface area is 196 Å². The fourth-order valence-corrected chi connectivity index (χ4v) is 3.05. The largest absolute Gasteiger partial charge is 0.494 e. The normalized spacial score (nSPS) is 10.6. The van der Waals surface area contributed by atoms with Crippen molar-refractivity contribution in [3.8, 4) is 17.2 Å². The zero-order valence-electron chi connectivity index (χ0n) is 18.2. The molecule has 0 saturated heterocycles. The molecular formula is C23H32IN3O3. The minimum absolute atomic E-state index is 0. The van der Waals surface area contributed by atoms with Crippen LogP contribution >= 0.6 is 24.0 Å². The maximum Gasteiger partial charge on any atom is 0.191 e. The number of hydrogen-bond donors (Lipinski definition) is 2. The van der Waals surface area contributed by atoms with Gasteiger partial charge in [-0.3, -0.25) is 4.99 Å². The second kappa shape index (κ2) is 13.7. The summed E-state index contributed by atoms with van der Waals surface area (Å²) in [4.78, 5) is 4.31. The molecule has 164 valence electrons. The van der Waals surface area contributed by atoms with Crippen LogP contribution in [0.5, 0.6) is 17.2 Å². The van der Waals surface area contributed by atoms with Crippen LogP contribution < -0.4 is 24.8 Å². The Bertz CT molecular complexity index is 840. The summed E-state index contributed by atoms with van der Waals surface area (Å²) in [5.41, 5.74) is 3.18. The maximum absolute atomic E-state index is 5.68. The van der Waals surface area contributed by atoms with E-state index in [-0.39, 0.29) is 24.0 Å². The predicted molar refractivity (Wildman–Crippen MR) is 134 cm³/mol. The van der Waals surface area contributed by atoms with Crippen molar-refractivity contribution < 1.29 is 14.2 Å². The lowest BCUT2D eigenvalue weighted by Gasteiger charge is -2.17. The van der Waals surface area contributed by atoms with Crippen molar-refractivity contribution >= 4 is 29.9 Å². The molecule has 0 spiro atoms. The van der Waals surface area contributed by atoms with Crippen molar-refractivity contribution in [3.05, 3.63) is 65.7 Å². The molecule has 0 saturated carbocycles. The van der Waals surface area contributed by atoms with Gasteiger partial charge in [0.25, 0.3) is 0 Å². The number of para-hydroxylation sites is 1. The Morgan fingerprint density at radius 3 is 2.40 bits per heavy atom. The van der Waals surface area contributed by atoms with Crippen LogP contribution in [0.1, 0.15) is 23.6 Å². The summed E-state index contributed by atoms with van der Waals surface area (Å²) in [6.07, 6.45) is 2.55. The first-order chi connectivity index (χ1) is 14.2. The Morgan fingerprint density at radius 2 is 1.77 bits per heavy atom. The molecule has 2 aromatic carbocycles. The van der Waals surface area contributed by atoms with E-state index in [1.165, 1.54) is 0 Å². The number of allylic oxidation sites excluding steroid dienone is 1. The topological polar surface area (TPSA) is 64.1 Å². The first-order valence-corrected chi connectivity index (χ1v) is 9.66. The molecule has 0 aliphatic carbocycles. The fraction of sp³-hybridized carbons (Fsp3) is 0.348. The number of rotatable bonds is 10. The van der Waals surface area contributed by atoms with Gasteiger partial charge in [0.2, 0.25) is 0 Å². The number of nitrogens with one attached hydrogen (secondary N) is 2. The highest BCUT2D eigenvalue weighted by atomic mass is 127. The number of halogens is 1. The molecule has 0 amide bonds. The van der Waals surface area contributed by atoms with Gasteiger partial charge in [-0.2, -0.15) is 0 Å². The average molecular weight is 525 g/mol. The van der Waals surface area contributed by atoms with E-state index in [1.807, 2.05) is 43.3 Å². The van der Waals surface area contributed by atoms with Gasteiger partial charge in [0, 0.05) is 31.3 Å². The number of nitrogens with zero attached hydrogens (tertiary/aromatic N) is 1. The molecule has 2 aromatic rings. The van der Waals surface area contributed by atoms with E-state index in [1.54, 1.807) is 21.3 Å². The Kier molecular flexibility index (Phi) is 11.7. The number of hydrogen-bond acceptors (Lipinski definition) is 4. The summed E-state index contributed by atoms with van der Waals surface area (Å²) in [5, 5.41) is 6.67. The van der Waals surface area contributed by atoms with E-state index in [2.05, 4.69) is 28.3 Å². The fourth-order valence-electron chi connectivity index (χ4n) is 3.05. The van der Waals surface area contributed by atoms with E-state index in [0.29, 0.717) is 37.8 Å².